The van der Waals surface area contributed by atoms with Gasteiger partial charge < -0.3 is 14.8 Å². The number of nitriles is 1. The second-order valence-corrected chi connectivity index (χ2v) is 8.99. The Morgan fingerprint density at radius 3 is 2.34 bits per heavy atom. The van der Waals surface area contributed by atoms with E-state index in [0.29, 0.717) is 5.56 Å². The van der Waals surface area contributed by atoms with Gasteiger partial charge >= 0.3 is 6.18 Å². The van der Waals surface area contributed by atoms with Gasteiger partial charge in [-0.2, -0.15) is 18.4 Å². The molecule has 1 aromatic heterocycles. The highest BCUT2D eigenvalue weighted by Gasteiger charge is 2.34. The third-order valence-electron chi connectivity index (χ3n) is 4.49. The number of rotatable bonds is 6. The molecule has 2 N–H and O–H groups in total. The van der Waals surface area contributed by atoms with Gasteiger partial charge in [0.15, 0.2) is 9.84 Å². The average Bonchev–Trinajstić information content (AvgIpc) is 3.20. The van der Waals surface area contributed by atoms with E-state index in [9.17, 15) is 26.7 Å². The van der Waals surface area contributed by atoms with Crippen molar-refractivity contribution in [3.8, 4) is 17.5 Å². The lowest BCUT2D eigenvalue weighted by molar-refractivity contribution is -0.137. The zero-order valence-electron chi connectivity index (χ0n) is 16.8. The SMILES string of the molecule is C[C@@H](O)[C@@H](Nc1ccc(C#N)c(C(F)(F)F)c1)c1nnc(-c2ccc(S(C)(=O)=O)cc2)o1. The summed E-state index contributed by atoms with van der Waals surface area (Å²) in [5.74, 6) is -0.0663. The maximum Gasteiger partial charge on any atom is 0.417 e. The standard InChI is InChI=1S/C20H17F3N4O4S/c1-11(28)17(25-14-6-3-13(10-24)16(9-14)20(21,22)23)19-27-26-18(31-19)12-4-7-15(8-5-12)32(2,29)30/h3-9,11,17,25,28H,1-2H3/t11-,17-/m1/s1. The molecule has 0 amide bonds. The Morgan fingerprint density at radius 2 is 1.81 bits per heavy atom. The lowest BCUT2D eigenvalue weighted by Gasteiger charge is -2.20. The molecule has 168 valence electrons. The fraction of sp³-hybridized carbons (Fsp3) is 0.250. The molecular weight excluding hydrogens is 449 g/mol. The Labute approximate surface area is 181 Å². The molecule has 12 heteroatoms. The number of aliphatic hydroxyl groups excluding tert-OH is 1. The van der Waals surface area contributed by atoms with E-state index in [1.165, 1.54) is 43.3 Å². The van der Waals surface area contributed by atoms with Crippen LogP contribution in [0.5, 0.6) is 0 Å². The van der Waals surface area contributed by atoms with Crippen LogP contribution in [0.3, 0.4) is 0 Å². The Morgan fingerprint density at radius 1 is 1.16 bits per heavy atom. The summed E-state index contributed by atoms with van der Waals surface area (Å²) in [7, 11) is -3.38. The van der Waals surface area contributed by atoms with Crippen molar-refractivity contribution in [1.82, 2.24) is 10.2 Å². The Balaban J connectivity index is 1.90. The first kappa shape index (κ1) is 23.2. The molecule has 0 spiro atoms. The molecule has 0 bridgehead atoms. The first-order chi connectivity index (χ1) is 14.9. The highest BCUT2D eigenvalue weighted by molar-refractivity contribution is 7.90. The van der Waals surface area contributed by atoms with Crippen LogP contribution in [0.25, 0.3) is 11.5 Å². The molecule has 1 heterocycles. The topological polar surface area (TPSA) is 129 Å². The van der Waals surface area contributed by atoms with Gasteiger partial charge in [0, 0.05) is 17.5 Å². The van der Waals surface area contributed by atoms with Crippen molar-refractivity contribution in [2.75, 3.05) is 11.6 Å². The molecule has 0 fully saturated rings. The second kappa shape index (κ2) is 8.60. The van der Waals surface area contributed by atoms with Crippen LogP contribution in [-0.2, 0) is 16.0 Å². The van der Waals surface area contributed by atoms with Gasteiger partial charge in [0.1, 0.15) is 6.04 Å². The van der Waals surface area contributed by atoms with E-state index in [1.54, 1.807) is 0 Å². The van der Waals surface area contributed by atoms with Gasteiger partial charge in [-0.15, -0.1) is 10.2 Å². The molecule has 0 radical (unpaired) electrons. The third kappa shape index (κ3) is 5.06. The van der Waals surface area contributed by atoms with Gasteiger partial charge in [-0.25, -0.2) is 8.42 Å². The number of sulfone groups is 1. The summed E-state index contributed by atoms with van der Waals surface area (Å²) in [6.45, 7) is 1.39. The van der Waals surface area contributed by atoms with Gasteiger partial charge in [0.2, 0.25) is 11.8 Å². The van der Waals surface area contributed by atoms with Crippen LogP contribution >= 0.6 is 0 Å². The second-order valence-electron chi connectivity index (χ2n) is 6.97. The fourth-order valence-corrected chi connectivity index (χ4v) is 3.49. The number of hydrogen-bond acceptors (Lipinski definition) is 8. The van der Waals surface area contributed by atoms with Crippen molar-refractivity contribution in [1.29, 1.82) is 5.26 Å². The van der Waals surface area contributed by atoms with E-state index in [1.807, 2.05) is 0 Å². The summed E-state index contributed by atoms with van der Waals surface area (Å²) in [4.78, 5) is 0.103. The number of benzene rings is 2. The molecule has 0 aliphatic rings. The first-order valence-corrected chi connectivity index (χ1v) is 11.0. The summed E-state index contributed by atoms with van der Waals surface area (Å²) in [5, 5.41) is 29.5. The smallest absolute Gasteiger partial charge is 0.417 e. The van der Waals surface area contributed by atoms with E-state index < -0.39 is 39.3 Å². The summed E-state index contributed by atoms with van der Waals surface area (Å²) >= 11 is 0. The van der Waals surface area contributed by atoms with E-state index in [0.717, 1.165) is 18.4 Å². The van der Waals surface area contributed by atoms with Crippen LogP contribution in [0.4, 0.5) is 18.9 Å². The number of aromatic nitrogens is 2. The number of anilines is 1. The van der Waals surface area contributed by atoms with Crippen LogP contribution in [0, 0.1) is 11.3 Å². The molecule has 2 atom stereocenters. The molecule has 2 aromatic carbocycles. The maximum atomic E-state index is 13.2. The number of hydrogen-bond donors (Lipinski definition) is 2. The highest BCUT2D eigenvalue weighted by atomic mass is 32.2. The van der Waals surface area contributed by atoms with Crippen LogP contribution in [0.15, 0.2) is 51.8 Å². The number of nitrogens with one attached hydrogen (secondary N) is 1. The van der Waals surface area contributed by atoms with Crippen molar-refractivity contribution >= 4 is 15.5 Å². The molecule has 3 rings (SSSR count). The van der Waals surface area contributed by atoms with Crippen molar-refractivity contribution in [3.05, 3.63) is 59.5 Å². The van der Waals surface area contributed by atoms with Gasteiger partial charge in [-0.1, -0.05) is 0 Å². The molecule has 0 unspecified atom stereocenters. The van der Waals surface area contributed by atoms with Gasteiger partial charge in [0.05, 0.1) is 28.2 Å². The van der Waals surface area contributed by atoms with Crippen molar-refractivity contribution in [2.24, 2.45) is 0 Å². The van der Waals surface area contributed by atoms with E-state index in [4.69, 9.17) is 9.68 Å². The summed E-state index contributed by atoms with van der Waals surface area (Å²) in [6, 6.07) is 9.16. The molecular formula is C20H17F3N4O4S. The Kier molecular flexibility index (Phi) is 6.25. The summed E-state index contributed by atoms with van der Waals surface area (Å²) < 4.78 is 68.4. The van der Waals surface area contributed by atoms with Crippen LogP contribution in [0.2, 0.25) is 0 Å². The van der Waals surface area contributed by atoms with Crippen molar-refractivity contribution in [3.63, 3.8) is 0 Å². The average molecular weight is 466 g/mol. The third-order valence-corrected chi connectivity index (χ3v) is 5.61. The normalized spacial score (nSPS) is 13.9. The minimum Gasteiger partial charge on any atom is -0.418 e. The Bertz CT molecular complexity index is 1260. The van der Waals surface area contributed by atoms with E-state index >= 15 is 0 Å². The van der Waals surface area contributed by atoms with Crippen LogP contribution < -0.4 is 5.32 Å². The number of halogens is 3. The lowest BCUT2D eigenvalue weighted by atomic mass is 10.1. The van der Waals surface area contributed by atoms with Gasteiger partial charge in [-0.05, 0) is 49.4 Å². The summed E-state index contributed by atoms with van der Waals surface area (Å²) in [5.41, 5.74) is -1.25. The Hall–Kier alpha value is -3.43. The fourth-order valence-electron chi connectivity index (χ4n) is 2.86. The molecule has 0 saturated heterocycles. The van der Waals surface area contributed by atoms with Crippen molar-refractivity contribution in [2.45, 2.75) is 30.1 Å². The monoisotopic (exact) mass is 466 g/mol. The number of aliphatic hydroxyl groups is 1. The van der Waals surface area contributed by atoms with Crippen LogP contribution in [-0.4, -0.2) is 36.1 Å². The predicted molar refractivity (Wildman–Crippen MR) is 107 cm³/mol. The molecule has 0 aliphatic heterocycles. The van der Waals surface area contributed by atoms with E-state index in [2.05, 4.69) is 15.5 Å². The molecule has 0 saturated carbocycles. The minimum absolute atomic E-state index is 0.0144. The van der Waals surface area contributed by atoms with Crippen LogP contribution in [0.1, 0.15) is 30.0 Å². The van der Waals surface area contributed by atoms with Gasteiger partial charge in [0.25, 0.3) is 0 Å². The zero-order chi connectivity index (χ0) is 23.7. The quantitative estimate of drug-likeness (QED) is 0.564. The summed E-state index contributed by atoms with van der Waals surface area (Å²) in [6.07, 6.45) is -4.81. The predicted octanol–water partition coefficient (Wildman–Crippen LogP) is 3.56. The number of alkyl halides is 3. The minimum atomic E-state index is -4.74. The van der Waals surface area contributed by atoms with Gasteiger partial charge in [-0.3, -0.25) is 0 Å². The zero-order valence-corrected chi connectivity index (χ0v) is 17.6. The maximum absolute atomic E-state index is 13.2. The molecule has 3 aromatic rings. The van der Waals surface area contributed by atoms with E-state index in [-0.39, 0.29) is 22.4 Å². The molecule has 0 aliphatic carbocycles. The highest BCUT2D eigenvalue weighted by Crippen LogP contribution is 2.35. The lowest BCUT2D eigenvalue weighted by Crippen LogP contribution is -2.23. The number of nitrogens with zero attached hydrogens (tertiary/aromatic N) is 3. The largest absolute Gasteiger partial charge is 0.418 e. The molecule has 32 heavy (non-hydrogen) atoms. The first-order valence-electron chi connectivity index (χ1n) is 9.10. The molecule has 8 nitrogen and oxygen atoms in total. The van der Waals surface area contributed by atoms with Crippen molar-refractivity contribution < 1.29 is 31.1 Å².